The Labute approximate surface area is 80.2 Å². The molecule has 0 aliphatic heterocycles. The molecule has 1 rings (SSSR count). The molecule has 0 aromatic carbocycles. The molecule has 0 unspecified atom stereocenters. The van der Waals surface area contributed by atoms with E-state index < -0.39 is 5.60 Å². The summed E-state index contributed by atoms with van der Waals surface area (Å²) in [6, 6.07) is 0. The van der Waals surface area contributed by atoms with E-state index in [1.54, 1.807) is 0 Å². The van der Waals surface area contributed by atoms with Gasteiger partial charge in [-0.1, -0.05) is 25.7 Å². The van der Waals surface area contributed by atoms with Gasteiger partial charge < -0.3 is 15.5 Å². The molecule has 1 fully saturated rings. The lowest BCUT2D eigenvalue weighted by atomic mass is 9.94. The normalized spacial score (nSPS) is 22.6. The molecular formula is C10H21NO2. The van der Waals surface area contributed by atoms with Gasteiger partial charge in [-0.2, -0.15) is 0 Å². The van der Waals surface area contributed by atoms with E-state index in [0.29, 0.717) is 13.1 Å². The molecule has 3 nitrogen and oxygen atoms in total. The van der Waals surface area contributed by atoms with E-state index >= 15 is 0 Å². The lowest BCUT2D eigenvalue weighted by Crippen LogP contribution is -2.41. The molecule has 0 aromatic rings. The van der Waals surface area contributed by atoms with Crippen LogP contribution < -0.4 is 5.32 Å². The molecule has 3 N–H and O–H groups in total. The molecule has 1 saturated carbocycles. The number of aliphatic hydroxyl groups excluding tert-OH is 1. The fourth-order valence-electron chi connectivity index (χ4n) is 1.96. The number of nitrogens with one attached hydrogen (secondary N) is 1. The summed E-state index contributed by atoms with van der Waals surface area (Å²) < 4.78 is 0. The van der Waals surface area contributed by atoms with Crippen LogP contribution in [0.15, 0.2) is 0 Å². The second-order valence-electron chi connectivity index (χ2n) is 4.04. The van der Waals surface area contributed by atoms with Crippen LogP contribution in [-0.4, -0.2) is 35.5 Å². The summed E-state index contributed by atoms with van der Waals surface area (Å²) >= 11 is 0. The highest BCUT2D eigenvalue weighted by molar-refractivity contribution is 4.82. The molecule has 0 radical (unpaired) electrons. The first-order chi connectivity index (χ1) is 6.27. The van der Waals surface area contributed by atoms with E-state index in [9.17, 15) is 5.11 Å². The van der Waals surface area contributed by atoms with Crippen molar-refractivity contribution in [2.75, 3.05) is 19.7 Å². The van der Waals surface area contributed by atoms with Crippen LogP contribution in [0.2, 0.25) is 0 Å². The van der Waals surface area contributed by atoms with Crippen molar-refractivity contribution in [1.29, 1.82) is 0 Å². The van der Waals surface area contributed by atoms with Gasteiger partial charge in [0.25, 0.3) is 0 Å². The minimum atomic E-state index is -0.508. The Morgan fingerprint density at radius 1 is 1.08 bits per heavy atom. The molecule has 78 valence electrons. The van der Waals surface area contributed by atoms with Crippen molar-refractivity contribution < 1.29 is 10.2 Å². The quantitative estimate of drug-likeness (QED) is 0.447. The zero-order valence-corrected chi connectivity index (χ0v) is 8.26. The summed E-state index contributed by atoms with van der Waals surface area (Å²) in [5, 5.41) is 21.8. The van der Waals surface area contributed by atoms with Crippen LogP contribution in [0, 0.1) is 0 Å². The van der Waals surface area contributed by atoms with E-state index in [2.05, 4.69) is 5.32 Å². The van der Waals surface area contributed by atoms with Crippen LogP contribution in [0.5, 0.6) is 0 Å². The second-order valence-corrected chi connectivity index (χ2v) is 4.04. The molecule has 13 heavy (non-hydrogen) atoms. The minimum absolute atomic E-state index is 0.149. The molecule has 0 bridgehead atoms. The molecule has 0 saturated heterocycles. The fraction of sp³-hybridized carbons (Fsp3) is 1.00. The van der Waals surface area contributed by atoms with Gasteiger partial charge in [0.15, 0.2) is 0 Å². The van der Waals surface area contributed by atoms with Gasteiger partial charge in [0.1, 0.15) is 0 Å². The SMILES string of the molecule is OCCNCC1(O)CCCCCC1. The molecule has 0 atom stereocenters. The average Bonchev–Trinajstić information content (AvgIpc) is 2.31. The first kappa shape index (κ1) is 11.0. The van der Waals surface area contributed by atoms with Crippen molar-refractivity contribution in [3.8, 4) is 0 Å². The second kappa shape index (κ2) is 5.58. The Bertz CT molecular complexity index is 131. The lowest BCUT2D eigenvalue weighted by Gasteiger charge is -2.26. The number of hydrogen-bond donors (Lipinski definition) is 3. The molecule has 0 aromatic heterocycles. The van der Waals surface area contributed by atoms with Crippen molar-refractivity contribution in [2.45, 2.75) is 44.1 Å². The lowest BCUT2D eigenvalue weighted by molar-refractivity contribution is 0.0246. The van der Waals surface area contributed by atoms with Gasteiger partial charge in [0.05, 0.1) is 12.2 Å². The maximum Gasteiger partial charge on any atom is 0.0771 e. The van der Waals surface area contributed by atoms with Gasteiger partial charge in [-0.3, -0.25) is 0 Å². The highest BCUT2D eigenvalue weighted by Gasteiger charge is 2.26. The Morgan fingerprint density at radius 3 is 2.23 bits per heavy atom. The van der Waals surface area contributed by atoms with Gasteiger partial charge in [-0.05, 0) is 12.8 Å². The summed E-state index contributed by atoms with van der Waals surface area (Å²) in [5.74, 6) is 0. The van der Waals surface area contributed by atoms with Gasteiger partial charge in [-0.25, -0.2) is 0 Å². The van der Waals surface area contributed by atoms with E-state index in [-0.39, 0.29) is 6.61 Å². The predicted molar refractivity (Wildman–Crippen MR) is 52.6 cm³/mol. The third kappa shape index (κ3) is 4.07. The highest BCUT2D eigenvalue weighted by atomic mass is 16.3. The van der Waals surface area contributed by atoms with Crippen molar-refractivity contribution in [3.63, 3.8) is 0 Å². The van der Waals surface area contributed by atoms with Crippen LogP contribution in [0.4, 0.5) is 0 Å². The standard InChI is InChI=1S/C10H21NO2/c12-8-7-11-9-10(13)5-3-1-2-4-6-10/h11-13H,1-9H2. The fourth-order valence-corrected chi connectivity index (χ4v) is 1.96. The van der Waals surface area contributed by atoms with E-state index in [0.717, 1.165) is 25.7 Å². The number of aliphatic hydroxyl groups is 2. The molecule has 1 aliphatic rings. The number of rotatable bonds is 4. The van der Waals surface area contributed by atoms with Crippen LogP contribution >= 0.6 is 0 Å². The van der Waals surface area contributed by atoms with Crippen LogP contribution in [0.3, 0.4) is 0 Å². The predicted octanol–water partition coefficient (Wildman–Crippen LogP) is 0.654. The zero-order chi connectivity index (χ0) is 9.57. The van der Waals surface area contributed by atoms with Crippen molar-refractivity contribution in [3.05, 3.63) is 0 Å². The van der Waals surface area contributed by atoms with Crippen LogP contribution in [0.1, 0.15) is 38.5 Å². The average molecular weight is 187 g/mol. The van der Waals surface area contributed by atoms with Crippen molar-refractivity contribution >= 4 is 0 Å². The Kier molecular flexibility index (Phi) is 4.70. The van der Waals surface area contributed by atoms with Crippen molar-refractivity contribution in [1.82, 2.24) is 5.32 Å². The molecule has 0 heterocycles. The number of hydrogen-bond acceptors (Lipinski definition) is 3. The van der Waals surface area contributed by atoms with Gasteiger partial charge in [0.2, 0.25) is 0 Å². The van der Waals surface area contributed by atoms with E-state index in [1.807, 2.05) is 0 Å². The third-order valence-corrected chi connectivity index (χ3v) is 2.78. The summed E-state index contributed by atoms with van der Waals surface area (Å²) in [5.41, 5.74) is -0.508. The van der Waals surface area contributed by atoms with E-state index in [1.165, 1.54) is 12.8 Å². The molecule has 1 aliphatic carbocycles. The molecule has 0 spiro atoms. The first-order valence-corrected chi connectivity index (χ1v) is 5.31. The monoisotopic (exact) mass is 187 g/mol. The third-order valence-electron chi connectivity index (χ3n) is 2.78. The Balaban J connectivity index is 2.25. The maximum absolute atomic E-state index is 10.1. The largest absolute Gasteiger partial charge is 0.395 e. The first-order valence-electron chi connectivity index (χ1n) is 5.31. The van der Waals surface area contributed by atoms with Gasteiger partial charge in [-0.15, -0.1) is 0 Å². The van der Waals surface area contributed by atoms with Crippen molar-refractivity contribution in [2.24, 2.45) is 0 Å². The maximum atomic E-state index is 10.1. The van der Waals surface area contributed by atoms with Gasteiger partial charge in [0, 0.05) is 13.1 Å². The Morgan fingerprint density at radius 2 is 1.69 bits per heavy atom. The van der Waals surface area contributed by atoms with Crippen LogP contribution in [0.25, 0.3) is 0 Å². The summed E-state index contributed by atoms with van der Waals surface area (Å²) in [7, 11) is 0. The molecule has 0 amide bonds. The minimum Gasteiger partial charge on any atom is -0.395 e. The smallest absolute Gasteiger partial charge is 0.0771 e. The zero-order valence-electron chi connectivity index (χ0n) is 8.26. The Hall–Kier alpha value is -0.120. The summed E-state index contributed by atoms with van der Waals surface area (Å²) in [4.78, 5) is 0. The van der Waals surface area contributed by atoms with Crippen LogP contribution in [-0.2, 0) is 0 Å². The highest BCUT2D eigenvalue weighted by Crippen LogP contribution is 2.26. The topological polar surface area (TPSA) is 52.5 Å². The van der Waals surface area contributed by atoms with E-state index in [4.69, 9.17) is 5.11 Å². The summed E-state index contributed by atoms with van der Waals surface area (Å²) in [6.45, 7) is 1.37. The molecular weight excluding hydrogens is 166 g/mol. The molecule has 3 heteroatoms. The summed E-state index contributed by atoms with van der Waals surface area (Å²) in [6.07, 6.45) is 6.59. The van der Waals surface area contributed by atoms with Gasteiger partial charge >= 0.3 is 0 Å².